The fourth-order valence-electron chi connectivity index (χ4n) is 3.15. The van der Waals surface area contributed by atoms with Crippen molar-refractivity contribution in [1.82, 2.24) is 25.4 Å². The number of aromatic nitrogens is 3. The van der Waals surface area contributed by atoms with Gasteiger partial charge in [-0.2, -0.15) is 5.10 Å². The summed E-state index contributed by atoms with van der Waals surface area (Å²) in [7, 11) is 0. The quantitative estimate of drug-likeness (QED) is 0.718. The number of carbonyl (C=O) groups is 2. The molecule has 3 rings (SSSR count). The molecule has 0 radical (unpaired) electrons. The minimum absolute atomic E-state index is 0.0447. The van der Waals surface area contributed by atoms with Gasteiger partial charge in [-0.15, -0.1) is 0 Å². The molecule has 0 atom stereocenters. The molecule has 1 fully saturated rings. The summed E-state index contributed by atoms with van der Waals surface area (Å²) in [6.07, 6.45) is 4.71. The minimum atomic E-state index is -0.0852. The van der Waals surface area contributed by atoms with Crippen molar-refractivity contribution in [3.05, 3.63) is 36.3 Å². The first-order valence-corrected chi connectivity index (χ1v) is 9.29. The van der Waals surface area contributed by atoms with Gasteiger partial charge in [0.2, 0.25) is 5.91 Å². The molecule has 8 nitrogen and oxygen atoms in total. The monoisotopic (exact) mass is 371 g/mol. The Morgan fingerprint density at radius 2 is 2.04 bits per heavy atom. The van der Waals surface area contributed by atoms with E-state index in [9.17, 15) is 9.59 Å². The Kier molecular flexibility index (Phi) is 6.54. The second-order valence-corrected chi connectivity index (χ2v) is 6.46. The van der Waals surface area contributed by atoms with Crippen LogP contribution in [0.25, 0.3) is 11.3 Å². The molecule has 0 aromatic carbocycles. The molecule has 0 aliphatic carbocycles. The molecule has 0 unspecified atom stereocenters. The van der Waals surface area contributed by atoms with Crippen molar-refractivity contribution < 1.29 is 14.3 Å². The number of likely N-dealkylation sites (tertiary alicyclic amines) is 1. The highest BCUT2D eigenvalue weighted by Gasteiger charge is 2.28. The van der Waals surface area contributed by atoms with E-state index in [1.807, 2.05) is 19.1 Å². The lowest BCUT2D eigenvalue weighted by molar-refractivity contribution is -0.126. The lowest BCUT2D eigenvalue weighted by Crippen LogP contribution is -2.43. The molecular formula is C19H25N5O3. The van der Waals surface area contributed by atoms with Crippen molar-refractivity contribution in [2.75, 3.05) is 32.8 Å². The maximum absolute atomic E-state index is 12.7. The third kappa shape index (κ3) is 4.91. The van der Waals surface area contributed by atoms with Gasteiger partial charge in [0.25, 0.3) is 5.91 Å². The minimum Gasteiger partial charge on any atom is -0.380 e. The molecule has 0 spiro atoms. The van der Waals surface area contributed by atoms with E-state index >= 15 is 0 Å². The van der Waals surface area contributed by atoms with Crippen LogP contribution in [0.2, 0.25) is 0 Å². The van der Waals surface area contributed by atoms with Crippen LogP contribution in [0, 0.1) is 5.92 Å². The topological polar surface area (TPSA) is 100 Å². The van der Waals surface area contributed by atoms with Crippen molar-refractivity contribution in [1.29, 1.82) is 0 Å². The molecule has 8 heteroatoms. The lowest BCUT2D eigenvalue weighted by Gasteiger charge is -2.31. The number of pyridine rings is 1. The number of hydrogen-bond acceptors (Lipinski definition) is 5. The number of rotatable bonds is 7. The van der Waals surface area contributed by atoms with Crippen molar-refractivity contribution in [3.8, 4) is 11.3 Å². The van der Waals surface area contributed by atoms with Crippen LogP contribution in [-0.2, 0) is 9.53 Å². The zero-order chi connectivity index (χ0) is 19.1. The van der Waals surface area contributed by atoms with Gasteiger partial charge >= 0.3 is 0 Å². The van der Waals surface area contributed by atoms with Gasteiger partial charge in [0, 0.05) is 50.1 Å². The molecule has 1 saturated heterocycles. The average molecular weight is 371 g/mol. The van der Waals surface area contributed by atoms with Crippen molar-refractivity contribution in [2.45, 2.75) is 19.8 Å². The summed E-state index contributed by atoms with van der Waals surface area (Å²) in [6.45, 7) is 4.75. The Morgan fingerprint density at radius 3 is 2.74 bits per heavy atom. The first-order chi connectivity index (χ1) is 13.2. The molecule has 2 aromatic rings. The number of nitrogens with zero attached hydrogens (tertiary/aromatic N) is 3. The highest BCUT2D eigenvalue weighted by Crippen LogP contribution is 2.21. The number of amides is 2. The number of piperidine rings is 1. The summed E-state index contributed by atoms with van der Waals surface area (Å²) in [5, 5.41) is 9.93. The SMILES string of the molecule is CCOCCNC(=O)C1CCN(C(=O)c2cc(-c3ccncc3)n[nH]2)CC1. The summed E-state index contributed by atoms with van der Waals surface area (Å²) < 4.78 is 5.22. The molecule has 27 heavy (non-hydrogen) atoms. The van der Waals surface area contributed by atoms with E-state index in [0.29, 0.717) is 57.1 Å². The van der Waals surface area contributed by atoms with E-state index in [0.717, 1.165) is 5.56 Å². The molecule has 1 aliphatic heterocycles. The zero-order valence-corrected chi connectivity index (χ0v) is 15.5. The van der Waals surface area contributed by atoms with Gasteiger partial charge in [0.15, 0.2) is 0 Å². The van der Waals surface area contributed by atoms with Gasteiger partial charge < -0.3 is 15.0 Å². The molecule has 2 aromatic heterocycles. The summed E-state index contributed by atoms with van der Waals surface area (Å²) in [6, 6.07) is 5.45. The number of H-pyrrole nitrogens is 1. The molecule has 3 heterocycles. The number of aromatic amines is 1. The Morgan fingerprint density at radius 1 is 1.30 bits per heavy atom. The number of nitrogens with one attached hydrogen (secondary N) is 2. The highest BCUT2D eigenvalue weighted by atomic mass is 16.5. The van der Waals surface area contributed by atoms with Crippen LogP contribution >= 0.6 is 0 Å². The van der Waals surface area contributed by atoms with Gasteiger partial charge in [0.1, 0.15) is 5.69 Å². The number of carbonyl (C=O) groups excluding carboxylic acids is 2. The van der Waals surface area contributed by atoms with Gasteiger partial charge in [0.05, 0.1) is 12.3 Å². The fourth-order valence-corrected chi connectivity index (χ4v) is 3.15. The van der Waals surface area contributed by atoms with Crippen LogP contribution in [0.1, 0.15) is 30.3 Å². The standard InChI is InChI=1S/C19H25N5O3/c1-2-27-12-9-21-18(25)15-5-10-24(11-6-15)19(26)17-13-16(22-23-17)14-3-7-20-8-4-14/h3-4,7-8,13,15H,2,5-6,9-12H2,1H3,(H,21,25)(H,22,23). The lowest BCUT2D eigenvalue weighted by atomic mass is 9.95. The number of ether oxygens (including phenoxy) is 1. The van der Waals surface area contributed by atoms with Crippen LogP contribution in [0.15, 0.2) is 30.6 Å². The third-order valence-corrected chi connectivity index (χ3v) is 4.69. The van der Waals surface area contributed by atoms with Gasteiger partial charge in [-0.3, -0.25) is 19.7 Å². The first kappa shape index (κ1) is 19.0. The Hall–Kier alpha value is -2.74. The van der Waals surface area contributed by atoms with E-state index in [4.69, 9.17) is 4.74 Å². The Bertz CT molecular complexity index is 754. The fraction of sp³-hybridized carbons (Fsp3) is 0.474. The highest BCUT2D eigenvalue weighted by molar-refractivity contribution is 5.93. The molecule has 0 saturated carbocycles. The van der Waals surface area contributed by atoms with Crippen molar-refractivity contribution >= 4 is 11.8 Å². The molecule has 1 aliphatic rings. The summed E-state index contributed by atoms with van der Waals surface area (Å²) in [5.41, 5.74) is 2.08. The van der Waals surface area contributed by atoms with Crippen molar-refractivity contribution in [2.24, 2.45) is 5.92 Å². The van der Waals surface area contributed by atoms with E-state index in [1.54, 1.807) is 23.4 Å². The maximum Gasteiger partial charge on any atom is 0.271 e. The second kappa shape index (κ2) is 9.27. The largest absolute Gasteiger partial charge is 0.380 e. The van der Waals surface area contributed by atoms with Crippen molar-refractivity contribution in [3.63, 3.8) is 0 Å². The molecule has 2 amide bonds. The van der Waals surface area contributed by atoms with Gasteiger partial charge in [-0.05, 0) is 38.0 Å². The molecular weight excluding hydrogens is 346 g/mol. The van der Waals surface area contributed by atoms with E-state index < -0.39 is 0 Å². The van der Waals surface area contributed by atoms with Crippen LogP contribution in [0.3, 0.4) is 0 Å². The summed E-state index contributed by atoms with van der Waals surface area (Å²) in [4.78, 5) is 30.6. The predicted octanol–water partition coefficient (Wildman–Crippen LogP) is 1.48. The van der Waals surface area contributed by atoms with Crippen LogP contribution < -0.4 is 5.32 Å². The molecule has 0 bridgehead atoms. The van der Waals surface area contributed by atoms with Gasteiger partial charge in [-0.25, -0.2) is 0 Å². The average Bonchev–Trinajstić information content (AvgIpc) is 3.21. The normalized spacial score (nSPS) is 14.9. The van der Waals surface area contributed by atoms with Crippen LogP contribution in [-0.4, -0.2) is 64.7 Å². The van der Waals surface area contributed by atoms with Crippen LogP contribution in [0.4, 0.5) is 0 Å². The predicted molar refractivity (Wildman–Crippen MR) is 99.9 cm³/mol. The molecule has 2 N–H and O–H groups in total. The van der Waals surface area contributed by atoms with E-state index in [-0.39, 0.29) is 17.7 Å². The number of hydrogen-bond donors (Lipinski definition) is 2. The zero-order valence-electron chi connectivity index (χ0n) is 15.5. The summed E-state index contributed by atoms with van der Waals surface area (Å²) in [5.74, 6) is -0.0915. The maximum atomic E-state index is 12.7. The van der Waals surface area contributed by atoms with Gasteiger partial charge in [-0.1, -0.05) is 0 Å². The Labute approximate surface area is 158 Å². The second-order valence-electron chi connectivity index (χ2n) is 6.46. The molecule has 144 valence electrons. The van der Waals surface area contributed by atoms with E-state index in [1.165, 1.54) is 0 Å². The van der Waals surface area contributed by atoms with Crippen LogP contribution in [0.5, 0.6) is 0 Å². The summed E-state index contributed by atoms with van der Waals surface area (Å²) >= 11 is 0. The smallest absolute Gasteiger partial charge is 0.271 e. The Balaban J connectivity index is 1.50. The third-order valence-electron chi connectivity index (χ3n) is 4.69. The van der Waals surface area contributed by atoms with E-state index in [2.05, 4.69) is 20.5 Å². The first-order valence-electron chi connectivity index (χ1n) is 9.29.